The quantitative estimate of drug-likeness (QED) is 0.757. The van der Waals surface area contributed by atoms with Crippen molar-refractivity contribution in [2.24, 2.45) is 5.92 Å². The molecular formula is C16H21IN4. The highest BCUT2D eigenvalue weighted by Crippen LogP contribution is 2.22. The van der Waals surface area contributed by atoms with Crippen LogP contribution in [0.4, 0.5) is 5.82 Å². The topological polar surface area (TPSA) is 50.7 Å². The lowest BCUT2D eigenvalue weighted by atomic mass is 10.1. The molecule has 5 heteroatoms. The molecule has 0 fully saturated rings. The number of nitrogens with one attached hydrogen (secondary N) is 1. The normalized spacial score (nSPS) is 10.9. The van der Waals surface area contributed by atoms with Crippen molar-refractivity contribution in [2.45, 2.75) is 33.6 Å². The maximum Gasteiger partial charge on any atom is 0.143 e. The Hall–Kier alpha value is -1.24. The highest BCUT2D eigenvalue weighted by atomic mass is 127. The molecule has 2 aromatic heterocycles. The molecule has 0 spiro atoms. The molecule has 0 saturated carbocycles. The highest BCUT2D eigenvalue weighted by molar-refractivity contribution is 14.1. The minimum absolute atomic E-state index is 0.580. The smallest absolute Gasteiger partial charge is 0.143 e. The third-order valence-corrected chi connectivity index (χ3v) is 4.16. The summed E-state index contributed by atoms with van der Waals surface area (Å²) >= 11 is 2.35. The molecule has 0 aliphatic carbocycles. The summed E-state index contributed by atoms with van der Waals surface area (Å²) in [5.41, 5.74) is 2.32. The Morgan fingerprint density at radius 3 is 2.52 bits per heavy atom. The van der Waals surface area contributed by atoms with E-state index in [1.807, 2.05) is 24.5 Å². The van der Waals surface area contributed by atoms with Crippen molar-refractivity contribution >= 4 is 28.4 Å². The van der Waals surface area contributed by atoms with Gasteiger partial charge in [0, 0.05) is 25.4 Å². The molecule has 0 aliphatic rings. The van der Waals surface area contributed by atoms with Crippen LogP contribution in [-0.4, -0.2) is 21.5 Å². The van der Waals surface area contributed by atoms with Crippen molar-refractivity contribution in [3.63, 3.8) is 0 Å². The fraction of sp³-hybridized carbons (Fsp3) is 0.438. The van der Waals surface area contributed by atoms with Gasteiger partial charge in [-0.25, -0.2) is 9.97 Å². The molecule has 2 aromatic rings. The Kier molecular flexibility index (Phi) is 5.90. The van der Waals surface area contributed by atoms with Gasteiger partial charge in [-0.15, -0.1) is 0 Å². The third kappa shape index (κ3) is 4.62. The van der Waals surface area contributed by atoms with Gasteiger partial charge in [-0.05, 0) is 59.5 Å². The van der Waals surface area contributed by atoms with Crippen molar-refractivity contribution in [1.29, 1.82) is 0 Å². The van der Waals surface area contributed by atoms with Gasteiger partial charge in [0.15, 0.2) is 0 Å². The number of pyridine rings is 1. The molecule has 21 heavy (non-hydrogen) atoms. The Bertz CT molecular complexity index is 584. The molecule has 0 bridgehead atoms. The summed E-state index contributed by atoms with van der Waals surface area (Å²) in [5, 5.41) is 3.34. The fourth-order valence-corrected chi connectivity index (χ4v) is 2.77. The molecule has 112 valence electrons. The van der Waals surface area contributed by atoms with E-state index in [9.17, 15) is 0 Å². The van der Waals surface area contributed by atoms with Gasteiger partial charge in [0.2, 0.25) is 0 Å². The summed E-state index contributed by atoms with van der Waals surface area (Å²) < 4.78 is 1.14. The fourth-order valence-electron chi connectivity index (χ4n) is 2.11. The zero-order valence-corrected chi connectivity index (χ0v) is 14.9. The second-order valence-electron chi connectivity index (χ2n) is 5.41. The van der Waals surface area contributed by atoms with Crippen LogP contribution < -0.4 is 5.32 Å². The molecule has 0 saturated heterocycles. The molecule has 1 N–H and O–H groups in total. The van der Waals surface area contributed by atoms with Gasteiger partial charge >= 0.3 is 0 Å². The summed E-state index contributed by atoms with van der Waals surface area (Å²) in [5.74, 6) is 2.40. The van der Waals surface area contributed by atoms with Crippen LogP contribution in [0.15, 0.2) is 24.5 Å². The lowest BCUT2D eigenvalue weighted by Gasteiger charge is -2.13. The predicted molar refractivity (Wildman–Crippen MR) is 94.5 cm³/mol. The van der Waals surface area contributed by atoms with E-state index < -0.39 is 0 Å². The Morgan fingerprint density at radius 1 is 1.19 bits per heavy atom. The van der Waals surface area contributed by atoms with Gasteiger partial charge in [-0.2, -0.15) is 0 Å². The molecule has 0 radical (unpaired) electrons. The monoisotopic (exact) mass is 396 g/mol. The average Bonchev–Trinajstić information content (AvgIpc) is 2.44. The van der Waals surface area contributed by atoms with Gasteiger partial charge in [0.1, 0.15) is 11.6 Å². The van der Waals surface area contributed by atoms with Crippen molar-refractivity contribution in [3.8, 4) is 0 Å². The number of anilines is 1. The highest BCUT2D eigenvalue weighted by Gasteiger charge is 2.13. The molecular weight excluding hydrogens is 375 g/mol. The lowest BCUT2D eigenvalue weighted by Crippen LogP contribution is -2.11. The van der Waals surface area contributed by atoms with Gasteiger partial charge in [-0.1, -0.05) is 13.8 Å². The summed E-state index contributed by atoms with van der Waals surface area (Å²) in [4.78, 5) is 13.5. The molecule has 2 rings (SSSR count). The molecule has 4 nitrogen and oxygen atoms in total. The number of hydrogen-bond acceptors (Lipinski definition) is 4. The first-order valence-corrected chi connectivity index (χ1v) is 8.36. The summed E-state index contributed by atoms with van der Waals surface area (Å²) in [7, 11) is 0. The van der Waals surface area contributed by atoms with E-state index in [0.717, 1.165) is 40.3 Å². The van der Waals surface area contributed by atoms with Crippen LogP contribution in [0.1, 0.15) is 37.9 Å². The summed E-state index contributed by atoms with van der Waals surface area (Å²) in [6.07, 6.45) is 5.33. The van der Waals surface area contributed by atoms with E-state index in [4.69, 9.17) is 4.98 Å². The summed E-state index contributed by atoms with van der Waals surface area (Å²) in [6.45, 7) is 7.38. The van der Waals surface area contributed by atoms with Crippen LogP contribution in [0.2, 0.25) is 0 Å². The van der Waals surface area contributed by atoms with Crippen LogP contribution >= 0.6 is 22.6 Å². The van der Waals surface area contributed by atoms with Crippen molar-refractivity contribution < 1.29 is 0 Å². The number of rotatable bonds is 6. The van der Waals surface area contributed by atoms with Gasteiger partial charge < -0.3 is 5.32 Å². The number of nitrogens with zero attached hydrogens (tertiary/aromatic N) is 3. The van der Waals surface area contributed by atoms with Crippen molar-refractivity contribution in [3.05, 3.63) is 45.2 Å². The third-order valence-electron chi connectivity index (χ3n) is 3.02. The molecule has 0 amide bonds. The van der Waals surface area contributed by atoms with Crippen LogP contribution in [0, 0.1) is 9.49 Å². The first-order valence-electron chi connectivity index (χ1n) is 7.28. The molecule has 2 heterocycles. The first-order chi connectivity index (χ1) is 10.1. The Balaban J connectivity index is 2.33. The maximum absolute atomic E-state index is 4.77. The van der Waals surface area contributed by atoms with Crippen molar-refractivity contribution in [2.75, 3.05) is 11.9 Å². The number of hydrogen-bond donors (Lipinski definition) is 1. The molecule has 0 atom stereocenters. The minimum Gasteiger partial charge on any atom is -0.369 e. The Labute approximate surface area is 140 Å². The van der Waals surface area contributed by atoms with Gasteiger partial charge in [0.05, 0.1) is 9.26 Å². The SMILES string of the molecule is CCNc1nc(Cc2ccncc2)nc(CC(C)C)c1I. The number of halogens is 1. The van der Waals surface area contributed by atoms with Crippen LogP contribution in [-0.2, 0) is 12.8 Å². The largest absolute Gasteiger partial charge is 0.369 e. The van der Waals surface area contributed by atoms with Gasteiger partial charge in [-0.3, -0.25) is 4.98 Å². The van der Waals surface area contributed by atoms with Crippen molar-refractivity contribution in [1.82, 2.24) is 15.0 Å². The molecule has 0 aromatic carbocycles. The first kappa shape index (κ1) is 16.1. The predicted octanol–water partition coefficient (Wildman–Crippen LogP) is 3.70. The number of aromatic nitrogens is 3. The minimum atomic E-state index is 0.580. The van der Waals surface area contributed by atoms with E-state index in [1.165, 1.54) is 5.56 Å². The van der Waals surface area contributed by atoms with Gasteiger partial charge in [0.25, 0.3) is 0 Å². The lowest BCUT2D eigenvalue weighted by molar-refractivity contribution is 0.628. The molecule has 0 aliphatic heterocycles. The summed E-state index contributed by atoms with van der Waals surface area (Å²) in [6, 6.07) is 4.02. The van der Waals surface area contributed by atoms with E-state index >= 15 is 0 Å². The second-order valence-corrected chi connectivity index (χ2v) is 6.49. The van der Waals surface area contributed by atoms with E-state index in [2.05, 4.69) is 58.6 Å². The standard InChI is InChI=1S/C16H21IN4/c1-4-19-16-15(17)13(9-11(2)3)20-14(21-16)10-12-5-7-18-8-6-12/h5-8,11H,4,9-10H2,1-3H3,(H,19,20,21). The zero-order chi connectivity index (χ0) is 15.2. The van der Waals surface area contributed by atoms with E-state index in [0.29, 0.717) is 5.92 Å². The Morgan fingerprint density at radius 2 is 1.90 bits per heavy atom. The molecule has 0 unspecified atom stereocenters. The van der Waals surface area contributed by atoms with Crippen LogP contribution in [0.25, 0.3) is 0 Å². The van der Waals surface area contributed by atoms with Crippen LogP contribution in [0.5, 0.6) is 0 Å². The average molecular weight is 396 g/mol. The van der Waals surface area contributed by atoms with Crippen LogP contribution in [0.3, 0.4) is 0 Å². The van der Waals surface area contributed by atoms with E-state index in [1.54, 1.807) is 0 Å². The maximum atomic E-state index is 4.77. The second kappa shape index (κ2) is 7.68. The zero-order valence-electron chi connectivity index (χ0n) is 12.7. The van der Waals surface area contributed by atoms with E-state index in [-0.39, 0.29) is 0 Å².